The number of nitrogens with zero attached hydrogens (tertiary/aromatic N) is 3. The van der Waals surface area contributed by atoms with Crippen molar-refractivity contribution in [1.82, 2.24) is 25.0 Å². The molecule has 11 heteroatoms. The molecule has 3 rings (SSSR count). The molecule has 0 atom stereocenters. The van der Waals surface area contributed by atoms with Crippen LogP contribution in [0, 0.1) is 0 Å². The monoisotopic (exact) mass is 425 g/mol. The summed E-state index contributed by atoms with van der Waals surface area (Å²) in [6.07, 6.45) is -4.49. The first-order valence-electron chi connectivity index (χ1n) is 8.61. The van der Waals surface area contributed by atoms with Crippen molar-refractivity contribution < 1.29 is 18.0 Å². The van der Waals surface area contributed by atoms with Crippen molar-refractivity contribution in [3.8, 4) is 11.4 Å². The van der Waals surface area contributed by atoms with Crippen LogP contribution < -0.4 is 16.3 Å². The SMILES string of the molecule is Cn1c(-c2cccc(C(F)(F)F)c2)nn(CCNC(=O)NCc2cccs2)c1=O. The third-order valence-electron chi connectivity index (χ3n) is 4.10. The van der Waals surface area contributed by atoms with Gasteiger partial charge < -0.3 is 10.6 Å². The van der Waals surface area contributed by atoms with Crippen molar-refractivity contribution in [3.63, 3.8) is 0 Å². The summed E-state index contributed by atoms with van der Waals surface area (Å²) in [5.41, 5.74) is -1.13. The van der Waals surface area contributed by atoms with E-state index in [1.165, 1.54) is 35.1 Å². The average Bonchev–Trinajstić information content (AvgIpc) is 3.30. The Bertz CT molecular complexity index is 1040. The minimum Gasteiger partial charge on any atom is -0.336 e. The summed E-state index contributed by atoms with van der Waals surface area (Å²) in [4.78, 5) is 25.1. The van der Waals surface area contributed by atoms with Crippen LogP contribution in [0.1, 0.15) is 10.4 Å². The van der Waals surface area contributed by atoms with Crippen molar-refractivity contribution in [1.29, 1.82) is 0 Å². The number of amides is 2. The van der Waals surface area contributed by atoms with E-state index in [1.54, 1.807) is 0 Å². The number of alkyl halides is 3. The lowest BCUT2D eigenvalue weighted by atomic mass is 10.1. The summed E-state index contributed by atoms with van der Waals surface area (Å²) in [7, 11) is 1.43. The lowest BCUT2D eigenvalue weighted by Gasteiger charge is -2.08. The van der Waals surface area contributed by atoms with E-state index in [9.17, 15) is 22.8 Å². The van der Waals surface area contributed by atoms with Gasteiger partial charge in [0.1, 0.15) is 0 Å². The van der Waals surface area contributed by atoms with Crippen molar-refractivity contribution in [3.05, 3.63) is 62.7 Å². The molecule has 29 heavy (non-hydrogen) atoms. The van der Waals surface area contributed by atoms with Crippen molar-refractivity contribution in [2.24, 2.45) is 7.05 Å². The highest BCUT2D eigenvalue weighted by molar-refractivity contribution is 7.09. The van der Waals surface area contributed by atoms with Crippen LogP contribution >= 0.6 is 11.3 Å². The lowest BCUT2D eigenvalue weighted by molar-refractivity contribution is -0.137. The van der Waals surface area contributed by atoms with Gasteiger partial charge in [0.25, 0.3) is 0 Å². The molecule has 0 aliphatic rings. The number of nitrogens with one attached hydrogen (secondary N) is 2. The van der Waals surface area contributed by atoms with Crippen LogP contribution in [-0.4, -0.2) is 26.9 Å². The Balaban J connectivity index is 1.63. The molecule has 2 amide bonds. The van der Waals surface area contributed by atoms with Gasteiger partial charge in [-0.3, -0.25) is 4.57 Å². The van der Waals surface area contributed by atoms with Gasteiger partial charge in [-0.2, -0.15) is 13.2 Å². The molecular formula is C18H18F3N5O2S. The lowest BCUT2D eigenvalue weighted by Crippen LogP contribution is -2.38. The van der Waals surface area contributed by atoms with Crippen LogP contribution in [0.25, 0.3) is 11.4 Å². The zero-order chi connectivity index (χ0) is 21.0. The fourth-order valence-electron chi connectivity index (χ4n) is 2.64. The van der Waals surface area contributed by atoms with Gasteiger partial charge in [0.2, 0.25) is 0 Å². The summed E-state index contributed by atoms with van der Waals surface area (Å²) in [6, 6.07) is 8.02. The van der Waals surface area contributed by atoms with Gasteiger partial charge in [0, 0.05) is 24.0 Å². The third-order valence-corrected chi connectivity index (χ3v) is 4.98. The maximum absolute atomic E-state index is 12.9. The number of hydrogen-bond acceptors (Lipinski definition) is 4. The van der Waals surface area contributed by atoms with Crippen LogP contribution in [0.3, 0.4) is 0 Å². The summed E-state index contributed by atoms with van der Waals surface area (Å²) >= 11 is 1.52. The minimum absolute atomic E-state index is 0.0814. The van der Waals surface area contributed by atoms with Gasteiger partial charge in [-0.1, -0.05) is 18.2 Å². The zero-order valence-corrected chi connectivity index (χ0v) is 16.2. The molecule has 2 aromatic heterocycles. The number of benzene rings is 1. The molecule has 154 valence electrons. The molecule has 0 fully saturated rings. The molecule has 7 nitrogen and oxygen atoms in total. The first-order chi connectivity index (χ1) is 13.8. The molecule has 0 bridgehead atoms. The standard InChI is InChI=1S/C18H18F3N5O2S/c1-25-15(12-4-2-5-13(10-12)18(19,20)21)24-26(17(25)28)8-7-22-16(27)23-11-14-6-3-9-29-14/h2-6,9-10H,7-8,11H2,1H3,(H2,22,23,27). The van der Waals surface area contributed by atoms with Gasteiger partial charge in [0.05, 0.1) is 18.7 Å². The minimum atomic E-state index is -4.49. The Morgan fingerprint density at radius 2 is 2.00 bits per heavy atom. The highest BCUT2D eigenvalue weighted by atomic mass is 32.1. The molecule has 3 aromatic rings. The first-order valence-corrected chi connectivity index (χ1v) is 9.49. The second-order valence-corrected chi connectivity index (χ2v) is 7.19. The Labute approximate surface area is 167 Å². The predicted molar refractivity (Wildman–Crippen MR) is 102 cm³/mol. The van der Waals surface area contributed by atoms with Crippen LogP contribution in [0.4, 0.5) is 18.0 Å². The van der Waals surface area contributed by atoms with E-state index in [4.69, 9.17) is 0 Å². The Morgan fingerprint density at radius 1 is 1.21 bits per heavy atom. The maximum Gasteiger partial charge on any atom is 0.416 e. The second kappa shape index (κ2) is 8.52. The van der Waals surface area contributed by atoms with Gasteiger partial charge in [-0.05, 0) is 23.6 Å². The molecular weight excluding hydrogens is 407 g/mol. The number of carbonyl (C=O) groups is 1. The van der Waals surface area contributed by atoms with Gasteiger partial charge in [0.15, 0.2) is 5.82 Å². The topological polar surface area (TPSA) is 81.0 Å². The predicted octanol–water partition coefficient (Wildman–Crippen LogP) is 2.83. The number of carbonyl (C=O) groups excluding carboxylic acids is 1. The molecule has 1 aromatic carbocycles. The number of rotatable bonds is 6. The van der Waals surface area contributed by atoms with Crippen LogP contribution in [0.5, 0.6) is 0 Å². The summed E-state index contributed by atoms with van der Waals surface area (Å²) in [6.45, 7) is 0.611. The number of halogens is 3. The van der Waals surface area contributed by atoms with E-state index in [0.29, 0.717) is 6.54 Å². The molecule has 0 spiro atoms. The van der Waals surface area contributed by atoms with Gasteiger partial charge in [-0.15, -0.1) is 16.4 Å². The molecule has 0 aliphatic heterocycles. The smallest absolute Gasteiger partial charge is 0.336 e. The van der Waals surface area contributed by atoms with Crippen LogP contribution in [-0.2, 0) is 26.3 Å². The molecule has 0 aliphatic carbocycles. The number of aromatic nitrogens is 3. The summed E-state index contributed by atoms with van der Waals surface area (Å²) < 4.78 is 41.1. The van der Waals surface area contributed by atoms with E-state index >= 15 is 0 Å². The highest BCUT2D eigenvalue weighted by Gasteiger charge is 2.30. The number of hydrogen-bond donors (Lipinski definition) is 2. The zero-order valence-electron chi connectivity index (χ0n) is 15.4. The fourth-order valence-corrected chi connectivity index (χ4v) is 3.28. The Kier molecular flexibility index (Phi) is 6.06. The third kappa shape index (κ3) is 5.05. The maximum atomic E-state index is 12.9. The van der Waals surface area contributed by atoms with E-state index in [-0.39, 0.29) is 30.5 Å². The van der Waals surface area contributed by atoms with Crippen LogP contribution in [0.2, 0.25) is 0 Å². The first kappa shape index (κ1) is 20.6. The van der Waals surface area contributed by atoms with E-state index in [2.05, 4.69) is 15.7 Å². The van der Waals surface area contributed by atoms with E-state index in [0.717, 1.165) is 21.7 Å². The van der Waals surface area contributed by atoms with Crippen molar-refractivity contribution in [2.45, 2.75) is 19.3 Å². The largest absolute Gasteiger partial charge is 0.416 e. The van der Waals surface area contributed by atoms with E-state index < -0.39 is 17.4 Å². The second-order valence-electron chi connectivity index (χ2n) is 6.16. The number of urea groups is 1. The van der Waals surface area contributed by atoms with Gasteiger partial charge >= 0.3 is 17.9 Å². The molecule has 2 N–H and O–H groups in total. The van der Waals surface area contributed by atoms with Crippen molar-refractivity contribution >= 4 is 17.4 Å². The molecule has 0 saturated heterocycles. The average molecular weight is 425 g/mol. The molecule has 0 radical (unpaired) electrons. The normalized spacial score (nSPS) is 11.4. The van der Waals surface area contributed by atoms with Crippen LogP contribution in [0.15, 0.2) is 46.6 Å². The number of thiophene rings is 1. The fraction of sp³-hybridized carbons (Fsp3) is 0.278. The highest BCUT2D eigenvalue weighted by Crippen LogP contribution is 2.31. The van der Waals surface area contributed by atoms with E-state index in [1.807, 2.05) is 17.5 Å². The summed E-state index contributed by atoms with van der Waals surface area (Å²) in [5.74, 6) is 0.114. The van der Waals surface area contributed by atoms with Crippen molar-refractivity contribution in [2.75, 3.05) is 6.54 Å². The van der Waals surface area contributed by atoms with Gasteiger partial charge in [-0.25, -0.2) is 14.3 Å². The summed E-state index contributed by atoms with van der Waals surface area (Å²) in [5, 5.41) is 11.3. The molecule has 0 saturated carbocycles. The molecule has 0 unspecified atom stereocenters. The Hall–Kier alpha value is -3.08. The quantitative estimate of drug-likeness (QED) is 0.637. The Morgan fingerprint density at radius 3 is 2.69 bits per heavy atom. The molecule has 2 heterocycles.